The van der Waals surface area contributed by atoms with Crippen molar-refractivity contribution in [2.24, 2.45) is 0 Å². The molecule has 1 aromatic heterocycles. The van der Waals surface area contributed by atoms with Gasteiger partial charge in [0.15, 0.2) is 5.13 Å². The summed E-state index contributed by atoms with van der Waals surface area (Å²) in [4.78, 5) is 44.9. The number of likely N-dealkylation sites (tertiary alicyclic amines) is 1. The Morgan fingerprint density at radius 1 is 0.917 bits per heavy atom. The Labute approximate surface area is 212 Å². The lowest BCUT2D eigenvalue weighted by Crippen LogP contribution is -2.45. The number of hydrogen-bond donors (Lipinski definition) is 1. The summed E-state index contributed by atoms with van der Waals surface area (Å²) >= 11 is 1.35. The van der Waals surface area contributed by atoms with Crippen LogP contribution in [0.4, 0.5) is 9.93 Å². The van der Waals surface area contributed by atoms with Crippen LogP contribution in [0.2, 0.25) is 0 Å². The Bertz CT molecular complexity index is 1320. The molecule has 1 aliphatic heterocycles. The number of nitrogens with one attached hydrogen (secondary N) is 1. The van der Waals surface area contributed by atoms with Gasteiger partial charge in [-0.15, -0.1) is 0 Å². The van der Waals surface area contributed by atoms with E-state index < -0.39 is 23.9 Å². The van der Waals surface area contributed by atoms with Crippen molar-refractivity contribution in [3.63, 3.8) is 0 Å². The van der Waals surface area contributed by atoms with E-state index in [9.17, 15) is 14.4 Å². The van der Waals surface area contributed by atoms with Gasteiger partial charge < -0.3 is 10.1 Å². The molecule has 0 radical (unpaired) electrons. The molecule has 180 valence electrons. The number of nitrogens with zero attached hydrogens (tertiary/aromatic N) is 2. The molecule has 0 spiro atoms. The number of hydrogen-bond acceptors (Lipinski definition) is 6. The third kappa shape index (κ3) is 5.04. The first-order chi connectivity index (χ1) is 17.6. The standard InChI is InChI=1S/C28H23N3O4S/c32-23-17-16-22(31(23)28(34)35-18-19-10-4-1-5-11-19)26(33)30-27-29-24(20-12-6-2-7-13-20)25(36-27)21-14-8-3-9-15-21/h1-15,22H,16-18H2,(H,29,30,33)/t22-/m1/s1. The number of rotatable bonds is 6. The Kier molecular flexibility index (Phi) is 6.86. The summed E-state index contributed by atoms with van der Waals surface area (Å²) in [6.45, 7) is 0.0190. The quantitative estimate of drug-likeness (QED) is 0.367. The summed E-state index contributed by atoms with van der Waals surface area (Å²) in [6.07, 6.45) is -0.496. The molecule has 0 unspecified atom stereocenters. The van der Waals surface area contributed by atoms with Gasteiger partial charge in [0.2, 0.25) is 11.8 Å². The van der Waals surface area contributed by atoms with Crippen LogP contribution in [0, 0.1) is 0 Å². The largest absolute Gasteiger partial charge is 0.444 e. The van der Waals surface area contributed by atoms with Crippen LogP contribution in [0.5, 0.6) is 0 Å². The summed E-state index contributed by atoms with van der Waals surface area (Å²) in [5.74, 6) is -0.896. The van der Waals surface area contributed by atoms with Crippen LogP contribution in [0.15, 0.2) is 91.0 Å². The maximum Gasteiger partial charge on any atom is 0.417 e. The molecule has 3 aromatic carbocycles. The lowest BCUT2D eigenvalue weighted by atomic mass is 10.1. The average Bonchev–Trinajstić information content (AvgIpc) is 3.52. The molecule has 0 saturated carbocycles. The molecular formula is C28H23N3O4S. The van der Waals surface area contributed by atoms with Crippen LogP contribution in [-0.4, -0.2) is 33.8 Å². The number of carbonyl (C=O) groups is 3. The molecule has 36 heavy (non-hydrogen) atoms. The normalized spacial score (nSPS) is 15.1. The Morgan fingerprint density at radius 3 is 2.19 bits per heavy atom. The molecule has 1 N–H and O–H groups in total. The van der Waals surface area contributed by atoms with E-state index in [1.807, 2.05) is 91.0 Å². The van der Waals surface area contributed by atoms with E-state index in [-0.39, 0.29) is 19.4 Å². The number of thiazole rings is 1. The highest BCUT2D eigenvalue weighted by molar-refractivity contribution is 7.19. The van der Waals surface area contributed by atoms with E-state index in [0.29, 0.717) is 5.13 Å². The molecule has 0 bridgehead atoms. The summed E-state index contributed by atoms with van der Waals surface area (Å²) in [6, 6.07) is 27.8. The van der Waals surface area contributed by atoms with Gasteiger partial charge in [0.1, 0.15) is 12.6 Å². The van der Waals surface area contributed by atoms with Crippen LogP contribution in [0.1, 0.15) is 18.4 Å². The molecule has 4 aromatic rings. The van der Waals surface area contributed by atoms with Crippen LogP contribution < -0.4 is 5.32 Å². The number of carbonyl (C=O) groups excluding carboxylic acids is 3. The second-order valence-corrected chi connectivity index (χ2v) is 9.28. The van der Waals surface area contributed by atoms with E-state index in [1.54, 1.807) is 0 Å². The Hall–Kier alpha value is -4.30. The molecule has 7 nitrogen and oxygen atoms in total. The summed E-state index contributed by atoms with van der Waals surface area (Å²) in [5, 5.41) is 3.23. The van der Waals surface area contributed by atoms with Gasteiger partial charge in [-0.25, -0.2) is 14.7 Å². The van der Waals surface area contributed by atoms with Gasteiger partial charge >= 0.3 is 6.09 Å². The molecule has 5 rings (SSSR count). The van der Waals surface area contributed by atoms with Gasteiger partial charge in [0, 0.05) is 12.0 Å². The predicted octanol–water partition coefficient (Wildman–Crippen LogP) is 5.74. The van der Waals surface area contributed by atoms with Crippen molar-refractivity contribution >= 4 is 34.4 Å². The molecule has 1 fully saturated rings. The first-order valence-electron chi connectivity index (χ1n) is 11.6. The van der Waals surface area contributed by atoms with E-state index in [1.165, 1.54) is 11.3 Å². The summed E-state index contributed by atoms with van der Waals surface area (Å²) < 4.78 is 5.33. The zero-order chi connectivity index (χ0) is 24.9. The molecule has 2 heterocycles. The Balaban J connectivity index is 1.35. The second-order valence-electron chi connectivity index (χ2n) is 8.28. The zero-order valence-electron chi connectivity index (χ0n) is 19.3. The highest BCUT2D eigenvalue weighted by atomic mass is 32.1. The van der Waals surface area contributed by atoms with Crippen LogP contribution >= 0.6 is 11.3 Å². The van der Waals surface area contributed by atoms with Gasteiger partial charge in [0.05, 0.1) is 10.6 Å². The van der Waals surface area contributed by atoms with Crippen molar-refractivity contribution in [3.8, 4) is 21.7 Å². The molecule has 1 aliphatic rings. The van der Waals surface area contributed by atoms with Crippen LogP contribution in [-0.2, 0) is 20.9 Å². The predicted molar refractivity (Wildman–Crippen MR) is 138 cm³/mol. The zero-order valence-corrected chi connectivity index (χ0v) is 20.1. The number of benzene rings is 3. The van der Waals surface area contributed by atoms with Crippen molar-refractivity contribution in [3.05, 3.63) is 96.6 Å². The van der Waals surface area contributed by atoms with Crippen molar-refractivity contribution in [2.75, 3.05) is 5.32 Å². The fourth-order valence-electron chi connectivity index (χ4n) is 4.09. The van der Waals surface area contributed by atoms with E-state index in [0.717, 1.165) is 32.2 Å². The molecule has 8 heteroatoms. The molecular weight excluding hydrogens is 474 g/mol. The summed E-state index contributed by atoms with van der Waals surface area (Å²) in [7, 11) is 0. The molecule has 3 amide bonds. The van der Waals surface area contributed by atoms with Gasteiger partial charge in [-0.1, -0.05) is 102 Å². The number of anilines is 1. The number of amides is 3. The highest BCUT2D eigenvalue weighted by Gasteiger charge is 2.41. The van der Waals surface area contributed by atoms with Crippen molar-refractivity contribution in [1.82, 2.24) is 9.88 Å². The van der Waals surface area contributed by atoms with Crippen molar-refractivity contribution in [2.45, 2.75) is 25.5 Å². The number of ether oxygens (including phenoxy) is 1. The van der Waals surface area contributed by atoms with Gasteiger partial charge in [-0.2, -0.15) is 0 Å². The minimum absolute atomic E-state index is 0.0190. The van der Waals surface area contributed by atoms with Gasteiger partial charge in [-0.3, -0.25) is 9.59 Å². The maximum atomic E-state index is 13.2. The van der Waals surface area contributed by atoms with E-state index >= 15 is 0 Å². The third-order valence-corrected chi connectivity index (χ3v) is 6.88. The monoisotopic (exact) mass is 497 g/mol. The van der Waals surface area contributed by atoms with E-state index in [2.05, 4.69) is 5.32 Å². The molecule has 0 aliphatic carbocycles. The average molecular weight is 498 g/mol. The lowest BCUT2D eigenvalue weighted by Gasteiger charge is -2.21. The minimum Gasteiger partial charge on any atom is -0.444 e. The molecule has 1 atom stereocenters. The fourth-order valence-corrected chi connectivity index (χ4v) is 5.08. The van der Waals surface area contributed by atoms with Gasteiger partial charge in [-0.05, 0) is 17.5 Å². The SMILES string of the molecule is O=C(Nc1nc(-c2ccccc2)c(-c2ccccc2)s1)[C@H]1CCC(=O)N1C(=O)OCc1ccccc1. The highest BCUT2D eigenvalue weighted by Crippen LogP contribution is 2.39. The lowest BCUT2D eigenvalue weighted by molar-refractivity contribution is -0.131. The number of aromatic nitrogens is 1. The molecule has 1 saturated heterocycles. The number of imide groups is 1. The second kappa shape index (κ2) is 10.5. The smallest absolute Gasteiger partial charge is 0.417 e. The van der Waals surface area contributed by atoms with Crippen LogP contribution in [0.25, 0.3) is 21.7 Å². The topological polar surface area (TPSA) is 88.6 Å². The van der Waals surface area contributed by atoms with Crippen molar-refractivity contribution < 1.29 is 19.1 Å². The first kappa shape index (κ1) is 23.4. The maximum absolute atomic E-state index is 13.2. The van der Waals surface area contributed by atoms with Crippen molar-refractivity contribution in [1.29, 1.82) is 0 Å². The van der Waals surface area contributed by atoms with E-state index in [4.69, 9.17) is 9.72 Å². The summed E-state index contributed by atoms with van der Waals surface area (Å²) in [5.41, 5.74) is 3.46. The fraction of sp³-hybridized carbons (Fsp3) is 0.143. The minimum atomic E-state index is -0.954. The van der Waals surface area contributed by atoms with Gasteiger partial charge in [0.25, 0.3) is 0 Å². The Morgan fingerprint density at radius 2 is 1.53 bits per heavy atom. The first-order valence-corrected chi connectivity index (χ1v) is 12.4. The third-order valence-electron chi connectivity index (χ3n) is 5.86. The van der Waals surface area contributed by atoms with Crippen LogP contribution in [0.3, 0.4) is 0 Å².